The molecule has 5 aromatic rings. The molecule has 0 spiro atoms. The molecule has 2 fully saturated rings. The van der Waals surface area contributed by atoms with Gasteiger partial charge in [-0.3, -0.25) is 34.8 Å². The number of carbonyl (C=O) groups is 4. The minimum absolute atomic E-state index is 0.0642. The molecule has 298 valence electrons. The standard InChI is InChI=1S/C41H40F2N10O4S/c1-49(21-26-17-29(20-45-37(26)43)52-15-10-34(54)47-41(52)57)27-8-13-50(14-9-27)28-6-4-24(5-7-28)25-18-30-31(32(42)19-25)22-53(39(30)56)36(38(55)48-40-44-11-16-58-40)35-33-3-2-12-51(33)23-46-35/h4-7,11,16-20,23,27,36H,2-3,8-10,12-15,21-22H2,1H3,(H,44,48,55)(H,47,54,57). The van der Waals surface area contributed by atoms with E-state index >= 15 is 4.39 Å². The van der Waals surface area contributed by atoms with Crippen LogP contribution in [0.25, 0.3) is 11.1 Å². The quantitative estimate of drug-likeness (QED) is 0.175. The lowest BCUT2D eigenvalue weighted by Gasteiger charge is -2.38. The Kier molecular flexibility index (Phi) is 9.93. The predicted octanol–water partition coefficient (Wildman–Crippen LogP) is 5.51. The Labute approximate surface area is 336 Å². The Bertz CT molecular complexity index is 2420. The normalized spacial score (nSPS) is 17.5. The van der Waals surface area contributed by atoms with Crippen LogP contribution in [0.5, 0.6) is 0 Å². The van der Waals surface area contributed by atoms with Crippen LogP contribution in [0.3, 0.4) is 0 Å². The highest BCUT2D eigenvalue weighted by Crippen LogP contribution is 2.38. The van der Waals surface area contributed by atoms with Crippen molar-refractivity contribution in [1.82, 2.24) is 34.6 Å². The van der Waals surface area contributed by atoms with Gasteiger partial charge in [0.25, 0.3) is 11.8 Å². The highest BCUT2D eigenvalue weighted by molar-refractivity contribution is 7.13. The summed E-state index contributed by atoms with van der Waals surface area (Å²) in [6.45, 7) is 2.78. The maximum Gasteiger partial charge on any atom is 0.328 e. The van der Waals surface area contributed by atoms with Crippen LogP contribution in [0, 0.1) is 11.8 Å². The molecule has 4 aliphatic rings. The number of nitrogens with one attached hydrogen (secondary N) is 2. The lowest BCUT2D eigenvalue weighted by atomic mass is 9.98. The molecule has 1 unspecified atom stereocenters. The second-order valence-electron chi connectivity index (χ2n) is 15.1. The average molecular weight is 807 g/mol. The van der Waals surface area contributed by atoms with E-state index < -0.39 is 35.7 Å². The van der Waals surface area contributed by atoms with Gasteiger partial charge in [0.1, 0.15) is 5.82 Å². The Morgan fingerprint density at radius 3 is 2.55 bits per heavy atom. The zero-order valence-corrected chi connectivity index (χ0v) is 32.5. The van der Waals surface area contributed by atoms with Gasteiger partial charge in [0.15, 0.2) is 11.2 Å². The van der Waals surface area contributed by atoms with E-state index in [1.54, 1.807) is 30.0 Å². The number of carbonyl (C=O) groups excluding carboxylic acids is 4. The smallest absolute Gasteiger partial charge is 0.328 e. The predicted molar refractivity (Wildman–Crippen MR) is 212 cm³/mol. The number of urea groups is 1. The molecule has 9 rings (SSSR count). The van der Waals surface area contributed by atoms with Crippen LogP contribution < -0.4 is 20.4 Å². The fraction of sp³-hybridized carbons (Fsp3) is 0.341. The number of nitrogens with zero attached hydrogens (tertiary/aromatic N) is 8. The molecule has 0 bridgehead atoms. The summed E-state index contributed by atoms with van der Waals surface area (Å²) in [5.41, 5.74) is 5.02. The molecule has 0 aliphatic carbocycles. The third kappa shape index (κ3) is 7.08. The number of thiazole rings is 1. The maximum absolute atomic E-state index is 15.9. The van der Waals surface area contributed by atoms with Gasteiger partial charge in [-0.25, -0.2) is 24.1 Å². The van der Waals surface area contributed by atoms with Crippen molar-refractivity contribution >= 4 is 51.6 Å². The first kappa shape index (κ1) is 37.5. The molecule has 2 N–H and O–H groups in total. The topological polar surface area (TPSA) is 149 Å². The summed E-state index contributed by atoms with van der Waals surface area (Å²) in [6, 6.07) is 11.2. The van der Waals surface area contributed by atoms with Crippen molar-refractivity contribution in [3.63, 3.8) is 0 Å². The number of amides is 5. The van der Waals surface area contributed by atoms with Crippen LogP contribution in [0.15, 0.2) is 66.6 Å². The van der Waals surface area contributed by atoms with Gasteiger partial charge >= 0.3 is 6.03 Å². The first-order valence-corrected chi connectivity index (χ1v) is 20.2. The first-order valence-electron chi connectivity index (χ1n) is 19.3. The van der Waals surface area contributed by atoms with E-state index in [-0.39, 0.29) is 42.6 Å². The minimum Gasteiger partial charge on any atom is -0.371 e. The van der Waals surface area contributed by atoms with E-state index in [4.69, 9.17) is 0 Å². The number of anilines is 3. The number of imide groups is 1. The molecule has 0 saturated carbocycles. The molecule has 58 heavy (non-hydrogen) atoms. The molecular weight excluding hydrogens is 767 g/mol. The van der Waals surface area contributed by atoms with Gasteiger partial charge in [0.2, 0.25) is 11.9 Å². The zero-order valence-electron chi connectivity index (χ0n) is 31.7. The Morgan fingerprint density at radius 1 is 0.983 bits per heavy atom. The Hall–Kier alpha value is -6.07. The minimum atomic E-state index is -1.06. The van der Waals surface area contributed by atoms with Crippen molar-refractivity contribution in [2.24, 2.45) is 0 Å². The number of aromatic nitrogens is 4. The molecule has 1 atom stereocenters. The van der Waals surface area contributed by atoms with E-state index in [1.807, 2.05) is 35.9 Å². The van der Waals surface area contributed by atoms with Crippen molar-refractivity contribution in [3.8, 4) is 11.1 Å². The number of pyridine rings is 1. The average Bonchev–Trinajstić information content (AvgIpc) is 4.04. The zero-order chi connectivity index (χ0) is 40.1. The van der Waals surface area contributed by atoms with Gasteiger partial charge in [-0.2, -0.15) is 4.39 Å². The summed E-state index contributed by atoms with van der Waals surface area (Å²) in [5, 5.41) is 7.27. The number of imidazole rings is 1. The fourth-order valence-corrected chi connectivity index (χ4v) is 9.07. The van der Waals surface area contributed by atoms with Gasteiger partial charge in [-0.05, 0) is 74.2 Å². The third-order valence-corrected chi connectivity index (χ3v) is 12.3. The van der Waals surface area contributed by atoms with Gasteiger partial charge in [-0.15, -0.1) is 11.3 Å². The van der Waals surface area contributed by atoms with Crippen molar-refractivity contribution in [2.75, 3.05) is 41.8 Å². The van der Waals surface area contributed by atoms with Crippen LogP contribution in [0.1, 0.15) is 64.6 Å². The SMILES string of the molecule is CN(Cc1cc(N2CCC(=O)NC2=O)cnc1F)C1CCN(c2ccc(-c3cc(F)c4c(c3)C(=O)N(C(C(=O)Nc3nccs3)c3ncn5c3CCC5)C4)cc2)CC1. The molecule has 2 aromatic carbocycles. The van der Waals surface area contributed by atoms with Crippen molar-refractivity contribution < 1.29 is 28.0 Å². The van der Waals surface area contributed by atoms with E-state index in [0.29, 0.717) is 34.2 Å². The lowest BCUT2D eigenvalue weighted by molar-refractivity contribution is -0.121. The van der Waals surface area contributed by atoms with Crippen LogP contribution >= 0.6 is 11.3 Å². The summed E-state index contributed by atoms with van der Waals surface area (Å²) in [4.78, 5) is 71.7. The van der Waals surface area contributed by atoms with Crippen molar-refractivity contribution in [3.05, 3.63) is 106 Å². The highest BCUT2D eigenvalue weighted by atomic mass is 32.1. The summed E-state index contributed by atoms with van der Waals surface area (Å²) in [6.07, 6.45) is 8.08. The van der Waals surface area contributed by atoms with Gasteiger partial charge in [0.05, 0.1) is 30.5 Å². The number of halogens is 2. The number of hydrogen-bond donors (Lipinski definition) is 2. The highest BCUT2D eigenvalue weighted by Gasteiger charge is 2.42. The summed E-state index contributed by atoms with van der Waals surface area (Å²) >= 11 is 1.27. The van der Waals surface area contributed by atoms with E-state index in [0.717, 1.165) is 62.3 Å². The number of piperidine rings is 1. The van der Waals surface area contributed by atoms with Gasteiger partial charge in [0, 0.05) is 84.8 Å². The van der Waals surface area contributed by atoms with E-state index in [2.05, 4.69) is 35.4 Å². The Balaban J connectivity index is 0.860. The molecule has 4 aliphatic heterocycles. The third-order valence-electron chi connectivity index (χ3n) is 11.6. The number of benzene rings is 2. The van der Waals surface area contributed by atoms with Crippen LogP contribution in [-0.2, 0) is 35.6 Å². The van der Waals surface area contributed by atoms with E-state index in [9.17, 15) is 23.6 Å². The largest absolute Gasteiger partial charge is 0.371 e. The number of fused-ring (bicyclic) bond motifs is 2. The van der Waals surface area contributed by atoms with Crippen LogP contribution in [0.4, 0.5) is 30.1 Å². The second-order valence-corrected chi connectivity index (χ2v) is 16.0. The molecular formula is C41H40F2N10O4S. The van der Waals surface area contributed by atoms with Crippen molar-refractivity contribution in [2.45, 2.75) is 63.8 Å². The van der Waals surface area contributed by atoms with Gasteiger partial charge < -0.3 is 14.4 Å². The molecule has 5 amide bonds. The maximum atomic E-state index is 15.9. The van der Waals surface area contributed by atoms with Crippen molar-refractivity contribution in [1.29, 1.82) is 0 Å². The van der Waals surface area contributed by atoms with Crippen LogP contribution in [-0.4, -0.2) is 85.8 Å². The summed E-state index contributed by atoms with van der Waals surface area (Å²) in [7, 11) is 1.95. The number of rotatable bonds is 10. The molecule has 0 radical (unpaired) electrons. The Morgan fingerprint density at radius 2 is 1.79 bits per heavy atom. The molecule has 2 saturated heterocycles. The second kappa shape index (κ2) is 15.4. The molecule has 14 nitrogen and oxygen atoms in total. The first-order chi connectivity index (χ1) is 28.1. The molecule has 3 aromatic heterocycles. The number of hydrogen-bond acceptors (Lipinski definition) is 10. The molecule has 17 heteroatoms. The van der Waals surface area contributed by atoms with Gasteiger partial charge in [-0.1, -0.05) is 12.1 Å². The fourth-order valence-electron chi connectivity index (χ4n) is 8.54. The molecule has 7 heterocycles. The summed E-state index contributed by atoms with van der Waals surface area (Å²) < 4.78 is 32.7. The van der Waals surface area contributed by atoms with Crippen LogP contribution in [0.2, 0.25) is 0 Å². The lowest BCUT2D eigenvalue weighted by Crippen LogP contribution is -2.49. The number of aryl methyl sites for hydroxylation is 1. The van der Waals surface area contributed by atoms with E-state index in [1.165, 1.54) is 33.4 Å². The monoisotopic (exact) mass is 806 g/mol. The summed E-state index contributed by atoms with van der Waals surface area (Å²) in [5.74, 6) is -2.32.